The molecule has 2 N–H and O–H groups in total. The molecule has 0 aliphatic carbocycles. The van der Waals surface area contributed by atoms with Gasteiger partial charge in [0.2, 0.25) is 0 Å². The first-order chi connectivity index (χ1) is 7.22. The van der Waals surface area contributed by atoms with Crippen molar-refractivity contribution in [2.24, 2.45) is 5.73 Å². The van der Waals surface area contributed by atoms with Gasteiger partial charge in [0.05, 0.1) is 0 Å². The number of nitrogens with two attached hydrogens (primary N) is 1. The number of benzene rings is 1. The maximum Gasteiger partial charge on any atom is 0.0484 e. The quantitative estimate of drug-likeness (QED) is 0.793. The first kappa shape index (κ1) is 9.99. The molecule has 2 aromatic rings. The highest BCUT2D eigenvalue weighted by Gasteiger charge is 2.04. The van der Waals surface area contributed by atoms with Crippen molar-refractivity contribution in [2.75, 3.05) is 0 Å². The molecule has 0 atom stereocenters. The average molecular weight is 200 g/mol. The average Bonchev–Trinajstić information content (AvgIpc) is 2.69. The van der Waals surface area contributed by atoms with Gasteiger partial charge in [-0.2, -0.15) is 0 Å². The topological polar surface area (TPSA) is 30.9 Å². The third-order valence-corrected chi connectivity index (χ3v) is 2.67. The summed E-state index contributed by atoms with van der Waals surface area (Å²) >= 11 is 0. The van der Waals surface area contributed by atoms with Gasteiger partial charge in [-0.25, -0.2) is 0 Å². The maximum atomic E-state index is 5.70. The third kappa shape index (κ3) is 1.81. The normalized spacial score (nSPS) is 10.6. The van der Waals surface area contributed by atoms with Crippen LogP contribution < -0.4 is 5.73 Å². The summed E-state index contributed by atoms with van der Waals surface area (Å²) in [5, 5.41) is 0. The van der Waals surface area contributed by atoms with E-state index in [2.05, 4.69) is 48.9 Å². The van der Waals surface area contributed by atoms with Gasteiger partial charge in [0.25, 0.3) is 0 Å². The fourth-order valence-corrected chi connectivity index (χ4v) is 1.80. The Morgan fingerprint density at radius 2 is 2.00 bits per heavy atom. The van der Waals surface area contributed by atoms with Crippen LogP contribution in [0.25, 0.3) is 5.69 Å². The zero-order valence-electron chi connectivity index (χ0n) is 9.20. The zero-order chi connectivity index (χ0) is 10.8. The van der Waals surface area contributed by atoms with Crippen LogP contribution in [0.2, 0.25) is 0 Å². The Hall–Kier alpha value is -1.54. The third-order valence-electron chi connectivity index (χ3n) is 2.67. The highest BCUT2D eigenvalue weighted by atomic mass is 15.0. The molecule has 0 fully saturated rings. The van der Waals surface area contributed by atoms with Crippen molar-refractivity contribution in [3.05, 3.63) is 53.3 Å². The summed E-state index contributed by atoms with van der Waals surface area (Å²) in [5.41, 5.74) is 10.6. The summed E-state index contributed by atoms with van der Waals surface area (Å²) in [6, 6.07) is 10.6. The van der Waals surface area contributed by atoms with Crippen LogP contribution in [0.15, 0.2) is 36.5 Å². The van der Waals surface area contributed by atoms with Crippen LogP contribution in [-0.4, -0.2) is 4.57 Å². The minimum atomic E-state index is 0.570. The SMILES string of the molecule is Cc1ccc(C)c(-n2cccc2CN)c1. The van der Waals surface area contributed by atoms with E-state index in [9.17, 15) is 0 Å². The van der Waals surface area contributed by atoms with Crippen LogP contribution >= 0.6 is 0 Å². The first-order valence-electron chi connectivity index (χ1n) is 5.16. The fourth-order valence-electron chi connectivity index (χ4n) is 1.80. The summed E-state index contributed by atoms with van der Waals surface area (Å²) in [6.07, 6.45) is 2.06. The van der Waals surface area contributed by atoms with E-state index in [-0.39, 0.29) is 0 Å². The lowest BCUT2D eigenvalue weighted by atomic mass is 10.1. The fraction of sp³-hybridized carbons (Fsp3) is 0.231. The lowest BCUT2D eigenvalue weighted by Gasteiger charge is -2.11. The summed E-state index contributed by atoms with van der Waals surface area (Å²) in [6.45, 7) is 4.80. The lowest BCUT2D eigenvalue weighted by molar-refractivity contribution is 0.905. The van der Waals surface area contributed by atoms with Gasteiger partial charge < -0.3 is 10.3 Å². The second-order valence-electron chi connectivity index (χ2n) is 3.86. The lowest BCUT2D eigenvalue weighted by Crippen LogP contribution is -2.05. The predicted octanol–water partition coefficient (Wildman–Crippen LogP) is 2.55. The second kappa shape index (κ2) is 3.91. The predicted molar refractivity (Wildman–Crippen MR) is 63.1 cm³/mol. The van der Waals surface area contributed by atoms with Gasteiger partial charge in [-0.1, -0.05) is 12.1 Å². The van der Waals surface area contributed by atoms with Gasteiger partial charge in [0, 0.05) is 24.1 Å². The van der Waals surface area contributed by atoms with Gasteiger partial charge in [-0.05, 0) is 43.2 Å². The van der Waals surface area contributed by atoms with Crippen molar-refractivity contribution in [1.82, 2.24) is 4.57 Å². The Balaban J connectivity index is 2.58. The van der Waals surface area contributed by atoms with Gasteiger partial charge in [-0.3, -0.25) is 0 Å². The highest BCUT2D eigenvalue weighted by molar-refractivity contribution is 5.44. The molecule has 0 bridgehead atoms. The largest absolute Gasteiger partial charge is 0.325 e. The Bertz CT molecular complexity index is 469. The Kier molecular flexibility index (Phi) is 2.60. The number of hydrogen-bond acceptors (Lipinski definition) is 1. The van der Waals surface area contributed by atoms with Crippen LogP contribution in [0.3, 0.4) is 0 Å². The summed E-state index contributed by atoms with van der Waals surface area (Å²) in [4.78, 5) is 0. The molecule has 0 saturated heterocycles. The Morgan fingerprint density at radius 3 is 2.73 bits per heavy atom. The summed E-state index contributed by atoms with van der Waals surface area (Å²) in [7, 11) is 0. The number of rotatable bonds is 2. The van der Waals surface area contributed by atoms with E-state index in [1.165, 1.54) is 16.8 Å². The van der Waals surface area contributed by atoms with E-state index >= 15 is 0 Å². The van der Waals surface area contributed by atoms with Gasteiger partial charge in [-0.15, -0.1) is 0 Å². The molecule has 0 aliphatic rings. The van der Waals surface area contributed by atoms with Crippen LogP contribution in [-0.2, 0) is 6.54 Å². The van der Waals surface area contributed by atoms with E-state index in [4.69, 9.17) is 5.73 Å². The molecule has 2 rings (SSSR count). The van der Waals surface area contributed by atoms with E-state index < -0.39 is 0 Å². The molecule has 2 heteroatoms. The molecule has 1 aromatic carbocycles. The molecule has 0 unspecified atom stereocenters. The van der Waals surface area contributed by atoms with Crippen molar-refractivity contribution in [3.63, 3.8) is 0 Å². The number of hydrogen-bond donors (Lipinski definition) is 1. The Labute approximate surface area is 90.3 Å². The maximum absolute atomic E-state index is 5.70. The standard InChI is InChI=1S/C13H16N2/c1-10-5-6-11(2)13(8-10)15-7-3-4-12(15)9-14/h3-8H,9,14H2,1-2H3. The number of aryl methyl sites for hydroxylation is 2. The molecule has 15 heavy (non-hydrogen) atoms. The van der Waals surface area contributed by atoms with Crippen molar-refractivity contribution in [2.45, 2.75) is 20.4 Å². The monoisotopic (exact) mass is 200 g/mol. The molecule has 2 nitrogen and oxygen atoms in total. The molecule has 1 heterocycles. The van der Waals surface area contributed by atoms with E-state index in [0.29, 0.717) is 6.54 Å². The molecule has 0 spiro atoms. The molecular weight excluding hydrogens is 184 g/mol. The molecule has 0 radical (unpaired) electrons. The van der Waals surface area contributed by atoms with E-state index in [1.54, 1.807) is 0 Å². The summed E-state index contributed by atoms with van der Waals surface area (Å²) in [5.74, 6) is 0. The molecule has 1 aromatic heterocycles. The van der Waals surface area contributed by atoms with Gasteiger partial charge >= 0.3 is 0 Å². The molecule has 78 valence electrons. The minimum Gasteiger partial charge on any atom is -0.325 e. The molecule has 0 aliphatic heterocycles. The van der Waals surface area contributed by atoms with Crippen LogP contribution in [0.4, 0.5) is 0 Å². The smallest absolute Gasteiger partial charge is 0.0484 e. The zero-order valence-corrected chi connectivity index (χ0v) is 9.20. The van der Waals surface area contributed by atoms with E-state index in [0.717, 1.165) is 5.69 Å². The van der Waals surface area contributed by atoms with Crippen molar-refractivity contribution < 1.29 is 0 Å². The first-order valence-corrected chi connectivity index (χ1v) is 5.16. The van der Waals surface area contributed by atoms with Crippen LogP contribution in [0.5, 0.6) is 0 Å². The van der Waals surface area contributed by atoms with Crippen LogP contribution in [0.1, 0.15) is 16.8 Å². The Morgan fingerprint density at radius 1 is 1.20 bits per heavy atom. The van der Waals surface area contributed by atoms with E-state index in [1.807, 2.05) is 6.07 Å². The minimum absolute atomic E-state index is 0.570. The van der Waals surface area contributed by atoms with Gasteiger partial charge in [0.1, 0.15) is 0 Å². The van der Waals surface area contributed by atoms with Crippen molar-refractivity contribution in [1.29, 1.82) is 0 Å². The van der Waals surface area contributed by atoms with Crippen molar-refractivity contribution >= 4 is 0 Å². The van der Waals surface area contributed by atoms with Crippen molar-refractivity contribution in [3.8, 4) is 5.69 Å². The van der Waals surface area contributed by atoms with Gasteiger partial charge in [0.15, 0.2) is 0 Å². The number of nitrogens with zero attached hydrogens (tertiary/aromatic N) is 1. The molecule has 0 saturated carbocycles. The second-order valence-corrected chi connectivity index (χ2v) is 3.86. The summed E-state index contributed by atoms with van der Waals surface area (Å²) < 4.78 is 2.16. The number of aromatic nitrogens is 1. The molecular formula is C13H16N2. The highest BCUT2D eigenvalue weighted by Crippen LogP contribution is 2.18. The molecule has 0 amide bonds. The van der Waals surface area contributed by atoms with Crippen LogP contribution in [0, 0.1) is 13.8 Å².